The maximum Gasteiger partial charge on any atom is 0.308 e. The summed E-state index contributed by atoms with van der Waals surface area (Å²) < 4.78 is 5.14. The molecule has 99 valence electrons. The van der Waals surface area contributed by atoms with Crippen molar-refractivity contribution in [1.29, 1.82) is 0 Å². The van der Waals surface area contributed by atoms with E-state index in [0.29, 0.717) is 5.75 Å². The Balaban J connectivity index is 1.94. The monoisotopic (exact) mass is 263 g/mol. The van der Waals surface area contributed by atoms with Crippen LogP contribution in [-0.4, -0.2) is 5.97 Å². The van der Waals surface area contributed by atoms with Crippen molar-refractivity contribution in [3.8, 4) is 5.75 Å². The summed E-state index contributed by atoms with van der Waals surface area (Å²) in [5, 5.41) is 0. The van der Waals surface area contributed by atoms with Crippen molar-refractivity contribution in [3.05, 3.63) is 71.3 Å². The van der Waals surface area contributed by atoms with Crippen molar-refractivity contribution in [3.63, 3.8) is 0 Å². The Morgan fingerprint density at radius 2 is 1.95 bits per heavy atom. The first-order valence-electron chi connectivity index (χ1n) is 6.72. The molecule has 0 unspecified atom stereocenters. The first-order chi connectivity index (χ1) is 9.72. The van der Waals surface area contributed by atoms with E-state index >= 15 is 0 Å². The van der Waals surface area contributed by atoms with E-state index in [9.17, 15) is 4.79 Å². The van der Waals surface area contributed by atoms with Gasteiger partial charge in [-0.05, 0) is 53.3 Å². The van der Waals surface area contributed by atoms with Crippen LogP contribution in [0.2, 0.25) is 0 Å². The van der Waals surface area contributed by atoms with Gasteiger partial charge in [0.1, 0.15) is 5.75 Å². The molecule has 0 spiro atoms. The van der Waals surface area contributed by atoms with Gasteiger partial charge in [-0.2, -0.15) is 0 Å². The Bertz CT molecular complexity index is 683. The minimum Gasteiger partial charge on any atom is -0.427 e. The predicted octanol–water partition coefficient (Wildman–Crippen LogP) is 3.79. The molecule has 0 heterocycles. The topological polar surface area (TPSA) is 26.3 Å². The molecule has 1 aliphatic rings. The largest absolute Gasteiger partial charge is 0.427 e. The van der Waals surface area contributed by atoms with E-state index in [2.05, 4.69) is 24.3 Å². The summed E-state index contributed by atoms with van der Waals surface area (Å²) >= 11 is 0. The van der Waals surface area contributed by atoms with Gasteiger partial charge in [-0.3, -0.25) is 4.79 Å². The van der Waals surface area contributed by atoms with E-state index in [1.54, 1.807) is 6.07 Å². The summed E-state index contributed by atoms with van der Waals surface area (Å²) in [4.78, 5) is 11.0. The van der Waals surface area contributed by atoms with Crippen molar-refractivity contribution in [2.24, 2.45) is 0 Å². The van der Waals surface area contributed by atoms with Crippen LogP contribution in [-0.2, 0) is 11.2 Å². The number of hydrogen-bond donors (Lipinski definition) is 0. The van der Waals surface area contributed by atoms with Crippen molar-refractivity contribution in [2.75, 3.05) is 0 Å². The van der Waals surface area contributed by atoms with Crippen LogP contribution < -0.4 is 4.74 Å². The first-order valence-corrected chi connectivity index (χ1v) is 6.72. The minimum atomic E-state index is -0.297. The summed E-state index contributed by atoms with van der Waals surface area (Å²) in [5.41, 5.74) is 4.73. The fraction of sp³-hybridized carbons (Fsp3) is 0.167. The van der Waals surface area contributed by atoms with Gasteiger partial charge in [0.05, 0.1) is 0 Å². The van der Waals surface area contributed by atoms with E-state index in [0.717, 1.165) is 29.5 Å². The third kappa shape index (κ3) is 2.64. The zero-order chi connectivity index (χ0) is 13.9. The number of carbonyl (C=O) groups excluding carboxylic acids is 1. The maximum absolute atomic E-state index is 11.0. The van der Waals surface area contributed by atoms with Crippen molar-refractivity contribution >= 4 is 11.5 Å². The number of hydrogen-bond acceptors (Lipinski definition) is 2. The minimum absolute atomic E-state index is 0.297. The standard InChI is InChI=1S/C18H15O2/c1-13(19)20-18-8-4-7-16(12-18)17-10-9-14-5-2-3-6-15(14)11-17/h2-8,12H,9-10H2,1H3. The van der Waals surface area contributed by atoms with Crippen LogP contribution in [0.4, 0.5) is 0 Å². The highest BCUT2D eigenvalue weighted by molar-refractivity contribution is 5.72. The normalized spacial score (nSPS) is 13.3. The SMILES string of the molecule is CC(=O)Oc1cccc(C2=[C]c3ccccc3CC2)c1. The number of fused-ring (bicyclic) bond motifs is 1. The molecule has 1 aliphatic carbocycles. The number of aryl methyl sites for hydroxylation is 1. The van der Waals surface area contributed by atoms with Gasteiger partial charge in [0, 0.05) is 6.92 Å². The molecule has 0 fully saturated rings. The molecule has 1 radical (unpaired) electrons. The number of ether oxygens (including phenoxy) is 1. The highest BCUT2D eigenvalue weighted by Crippen LogP contribution is 2.30. The molecule has 0 aromatic heterocycles. The molecule has 0 saturated carbocycles. The van der Waals surface area contributed by atoms with Gasteiger partial charge >= 0.3 is 5.97 Å². The van der Waals surface area contributed by atoms with Gasteiger partial charge < -0.3 is 4.74 Å². The Morgan fingerprint density at radius 3 is 2.80 bits per heavy atom. The molecule has 2 heteroatoms. The Labute approximate surface area is 118 Å². The van der Waals surface area contributed by atoms with Gasteiger partial charge in [0.25, 0.3) is 0 Å². The summed E-state index contributed by atoms with van der Waals surface area (Å²) in [6.07, 6.45) is 5.45. The summed E-state index contributed by atoms with van der Waals surface area (Å²) in [7, 11) is 0. The third-order valence-electron chi connectivity index (χ3n) is 3.39. The molecule has 3 rings (SSSR count). The van der Waals surface area contributed by atoms with E-state index < -0.39 is 0 Å². The molecule has 0 amide bonds. The second kappa shape index (κ2) is 5.33. The number of allylic oxidation sites excluding steroid dienone is 1. The Kier molecular flexibility index (Phi) is 3.38. The fourth-order valence-corrected chi connectivity index (χ4v) is 2.47. The Hall–Kier alpha value is -2.35. The van der Waals surface area contributed by atoms with Crippen LogP contribution in [0.3, 0.4) is 0 Å². The number of carbonyl (C=O) groups is 1. The van der Waals surface area contributed by atoms with Crippen LogP contribution >= 0.6 is 0 Å². The highest BCUT2D eigenvalue weighted by Gasteiger charge is 2.12. The molecule has 2 aromatic rings. The lowest BCUT2D eigenvalue weighted by molar-refractivity contribution is -0.131. The van der Waals surface area contributed by atoms with Crippen molar-refractivity contribution in [1.82, 2.24) is 0 Å². The lowest BCUT2D eigenvalue weighted by Crippen LogP contribution is -2.03. The van der Waals surface area contributed by atoms with E-state index in [4.69, 9.17) is 4.74 Å². The molecule has 0 N–H and O–H groups in total. The van der Waals surface area contributed by atoms with Gasteiger partial charge in [-0.25, -0.2) is 0 Å². The van der Waals surface area contributed by atoms with Crippen LogP contribution in [0.5, 0.6) is 5.75 Å². The number of rotatable bonds is 2. The molecule has 2 nitrogen and oxygen atoms in total. The fourth-order valence-electron chi connectivity index (χ4n) is 2.47. The van der Waals surface area contributed by atoms with Crippen LogP contribution in [0.1, 0.15) is 30.0 Å². The van der Waals surface area contributed by atoms with E-state index in [-0.39, 0.29) is 5.97 Å². The van der Waals surface area contributed by atoms with Crippen molar-refractivity contribution < 1.29 is 9.53 Å². The van der Waals surface area contributed by atoms with E-state index in [1.165, 1.54) is 12.5 Å². The average Bonchev–Trinajstić information content (AvgIpc) is 2.46. The smallest absolute Gasteiger partial charge is 0.308 e. The number of benzene rings is 2. The lowest BCUT2D eigenvalue weighted by Gasteiger charge is -2.16. The molecule has 0 saturated heterocycles. The molecule has 20 heavy (non-hydrogen) atoms. The van der Waals surface area contributed by atoms with Gasteiger partial charge in [0.2, 0.25) is 0 Å². The highest BCUT2D eigenvalue weighted by atomic mass is 16.5. The Morgan fingerprint density at radius 1 is 1.10 bits per heavy atom. The molecule has 2 aromatic carbocycles. The zero-order valence-corrected chi connectivity index (χ0v) is 11.3. The summed E-state index contributed by atoms with van der Waals surface area (Å²) in [6, 6.07) is 16.0. The second-order valence-corrected chi connectivity index (χ2v) is 4.88. The second-order valence-electron chi connectivity index (χ2n) is 4.88. The van der Waals surface area contributed by atoms with Crippen LogP contribution in [0.25, 0.3) is 5.57 Å². The zero-order valence-electron chi connectivity index (χ0n) is 11.3. The summed E-state index contributed by atoms with van der Waals surface area (Å²) in [6.45, 7) is 1.41. The lowest BCUT2D eigenvalue weighted by atomic mass is 9.89. The molecule has 0 aliphatic heterocycles. The van der Waals surface area contributed by atoms with Gasteiger partial charge in [0.15, 0.2) is 0 Å². The molecule has 0 atom stereocenters. The van der Waals surface area contributed by atoms with Gasteiger partial charge in [-0.15, -0.1) is 0 Å². The summed E-state index contributed by atoms with van der Waals surface area (Å²) in [5.74, 6) is 0.289. The molecular formula is C18H15O2. The third-order valence-corrected chi connectivity index (χ3v) is 3.39. The van der Waals surface area contributed by atoms with Crippen molar-refractivity contribution in [2.45, 2.75) is 19.8 Å². The van der Waals surface area contributed by atoms with Crippen LogP contribution in [0, 0.1) is 6.08 Å². The van der Waals surface area contributed by atoms with Gasteiger partial charge in [-0.1, -0.05) is 36.4 Å². The first kappa shape index (κ1) is 12.7. The van der Waals surface area contributed by atoms with E-state index in [1.807, 2.05) is 24.3 Å². The molecule has 0 bridgehead atoms. The van der Waals surface area contributed by atoms with Crippen LogP contribution in [0.15, 0.2) is 48.5 Å². The predicted molar refractivity (Wildman–Crippen MR) is 78.3 cm³/mol. The quantitative estimate of drug-likeness (QED) is 0.608. The average molecular weight is 263 g/mol. The maximum atomic E-state index is 11.0. The number of esters is 1. The molecular weight excluding hydrogens is 248 g/mol.